The molecule has 2 aromatic heterocycles. The predicted octanol–water partition coefficient (Wildman–Crippen LogP) is 2.01. The third-order valence-electron chi connectivity index (χ3n) is 4.88. The molecule has 1 N–H and O–H groups in total. The molecule has 4 rings (SSSR count). The first kappa shape index (κ1) is 17.0. The molecule has 0 saturated heterocycles. The molecule has 1 aliphatic rings. The molecule has 7 heteroatoms. The highest BCUT2D eigenvalue weighted by atomic mass is 16.5. The summed E-state index contributed by atoms with van der Waals surface area (Å²) in [7, 11) is 1.48. The Balaban J connectivity index is 2.00. The number of hydrogen-bond acceptors (Lipinski definition) is 5. The maximum Gasteiger partial charge on any atom is 0.302 e. The van der Waals surface area contributed by atoms with Gasteiger partial charge in [0.05, 0.1) is 22.3 Å². The van der Waals surface area contributed by atoms with Gasteiger partial charge in [-0.25, -0.2) is 0 Å². The van der Waals surface area contributed by atoms with Crippen LogP contribution in [0.4, 0.5) is 0 Å². The number of nitrogens with zero attached hydrogens (tertiary/aromatic N) is 1. The van der Waals surface area contributed by atoms with Gasteiger partial charge in [0.25, 0.3) is 5.56 Å². The van der Waals surface area contributed by atoms with Crippen LogP contribution in [-0.4, -0.2) is 27.1 Å². The Hall–Kier alpha value is -3.48. The van der Waals surface area contributed by atoms with Crippen molar-refractivity contribution in [1.82, 2.24) is 9.55 Å². The Morgan fingerprint density at radius 2 is 1.89 bits per heavy atom. The third kappa shape index (κ3) is 2.35. The molecular weight excluding hydrogens is 348 g/mol. The Labute approximate surface area is 153 Å². The zero-order chi connectivity index (χ0) is 19.5. The lowest BCUT2D eigenvalue weighted by molar-refractivity contribution is -0.142. The minimum atomic E-state index is -0.423. The molecule has 27 heavy (non-hydrogen) atoms. The van der Waals surface area contributed by atoms with E-state index < -0.39 is 5.97 Å². The van der Waals surface area contributed by atoms with Crippen LogP contribution >= 0.6 is 0 Å². The van der Waals surface area contributed by atoms with Gasteiger partial charge in [0.1, 0.15) is 12.3 Å². The average Bonchev–Trinajstić information content (AvgIpc) is 3.01. The molecule has 2 heterocycles. The first-order chi connectivity index (χ1) is 12.8. The highest BCUT2D eigenvalue weighted by molar-refractivity contribution is 6.32. The standard InChI is InChI=1S/C20H16N2O5/c1-9-7-13(24)22(3)18-14(9)19(25)17-15(20(18)26)12-6-4-5-11(16(12)21-17)8-27-10(2)23/h4-7,21H,8H2,1-3H3. The first-order valence-electron chi connectivity index (χ1n) is 8.38. The number of aromatic amines is 1. The van der Waals surface area contributed by atoms with Gasteiger partial charge in [-0.2, -0.15) is 0 Å². The van der Waals surface area contributed by atoms with E-state index in [0.717, 1.165) is 0 Å². The van der Waals surface area contributed by atoms with Gasteiger partial charge in [-0.05, 0) is 12.5 Å². The fourth-order valence-electron chi connectivity index (χ4n) is 3.60. The summed E-state index contributed by atoms with van der Waals surface area (Å²) in [6.45, 7) is 2.98. The first-order valence-corrected chi connectivity index (χ1v) is 8.38. The van der Waals surface area contributed by atoms with Crippen LogP contribution in [0.25, 0.3) is 10.9 Å². The molecule has 0 radical (unpaired) electrons. The molecule has 1 aromatic carbocycles. The van der Waals surface area contributed by atoms with Gasteiger partial charge in [0.2, 0.25) is 11.6 Å². The average molecular weight is 364 g/mol. The summed E-state index contributed by atoms with van der Waals surface area (Å²) in [5.74, 6) is -1.13. The maximum absolute atomic E-state index is 13.2. The molecule has 0 atom stereocenters. The van der Waals surface area contributed by atoms with E-state index in [0.29, 0.717) is 22.0 Å². The molecular formula is C20H16N2O5. The molecule has 0 spiro atoms. The van der Waals surface area contributed by atoms with Gasteiger partial charge in [-0.3, -0.25) is 19.2 Å². The Morgan fingerprint density at radius 3 is 2.59 bits per heavy atom. The van der Waals surface area contributed by atoms with Crippen molar-refractivity contribution in [2.75, 3.05) is 0 Å². The number of nitrogens with one attached hydrogen (secondary N) is 1. The van der Waals surface area contributed by atoms with Gasteiger partial charge >= 0.3 is 5.97 Å². The van der Waals surface area contributed by atoms with Crippen LogP contribution < -0.4 is 5.56 Å². The molecule has 0 fully saturated rings. The maximum atomic E-state index is 13.2. The largest absolute Gasteiger partial charge is 0.461 e. The highest BCUT2D eigenvalue weighted by Gasteiger charge is 2.36. The zero-order valence-electron chi connectivity index (χ0n) is 15.0. The fraction of sp³-hybridized carbons (Fsp3) is 0.200. The number of aromatic nitrogens is 2. The summed E-state index contributed by atoms with van der Waals surface area (Å²) in [4.78, 5) is 52.6. The lowest BCUT2D eigenvalue weighted by atomic mass is 9.87. The van der Waals surface area contributed by atoms with E-state index in [1.54, 1.807) is 25.1 Å². The van der Waals surface area contributed by atoms with Crippen LogP contribution in [-0.2, 0) is 23.2 Å². The van der Waals surface area contributed by atoms with Crippen LogP contribution in [0, 0.1) is 6.92 Å². The normalized spacial score (nSPS) is 12.9. The minimum absolute atomic E-state index is 0.0267. The van der Waals surface area contributed by atoms with Crippen molar-refractivity contribution in [2.24, 2.45) is 7.05 Å². The number of fused-ring (bicyclic) bond motifs is 4. The molecule has 0 unspecified atom stereocenters. The van der Waals surface area contributed by atoms with E-state index in [2.05, 4.69) is 4.98 Å². The molecule has 0 bridgehead atoms. The monoisotopic (exact) mass is 364 g/mol. The van der Waals surface area contributed by atoms with E-state index in [-0.39, 0.29) is 46.2 Å². The molecule has 3 aromatic rings. The van der Waals surface area contributed by atoms with E-state index >= 15 is 0 Å². The quantitative estimate of drug-likeness (QED) is 0.549. The number of aryl methyl sites for hydroxylation is 1. The second kappa shape index (κ2) is 5.77. The molecule has 0 saturated carbocycles. The SMILES string of the molecule is CC(=O)OCc1cccc2c3c([nH]c12)C(=O)c1c(C)cc(=O)n(C)c1C3=O. The Morgan fingerprint density at radius 1 is 1.15 bits per heavy atom. The lowest BCUT2D eigenvalue weighted by Crippen LogP contribution is -2.31. The second-order valence-electron chi connectivity index (χ2n) is 6.60. The second-order valence-corrected chi connectivity index (χ2v) is 6.60. The topological polar surface area (TPSA) is 98.2 Å². The number of ether oxygens (including phenoxy) is 1. The van der Waals surface area contributed by atoms with Crippen LogP contribution in [0.2, 0.25) is 0 Å². The predicted molar refractivity (Wildman–Crippen MR) is 97.1 cm³/mol. The van der Waals surface area contributed by atoms with E-state index in [1.165, 1.54) is 24.6 Å². The summed E-state index contributed by atoms with van der Waals surface area (Å²) in [6.07, 6.45) is 0. The number of pyridine rings is 1. The number of rotatable bonds is 2. The van der Waals surface area contributed by atoms with Gasteiger partial charge in [-0.1, -0.05) is 18.2 Å². The Kier molecular flexibility index (Phi) is 3.62. The van der Waals surface area contributed by atoms with Crippen LogP contribution in [0.1, 0.15) is 50.2 Å². The van der Waals surface area contributed by atoms with Gasteiger partial charge in [0, 0.05) is 31.0 Å². The van der Waals surface area contributed by atoms with E-state index in [4.69, 9.17) is 4.74 Å². The summed E-state index contributed by atoms with van der Waals surface area (Å²) in [5, 5.41) is 0.563. The van der Waals surface area contributed by atoms with Crippen molar-refractivity contribution in [3.8, 4) is 0 Å². The smallest absolute Gasteiger partial charge is 0.302 e. The van der Waals surface area contributed by atoms with E-state index in [9.17, 15) is 19.2 Å². The molecule has 7 nitrogen and oxygen atoms in total. The van der Waals surface area contributed by atoms with Crippen LogP contribution in [0.15, 0.2) is 29.1 Å². The lowest BCUT2D eigenvalue weighted by Gasteiger charge is -2.19. The number of benzene rings is 1. The fourth-order valence-corrected chi connectivity index (χ4v) is 3.60. The molecule has 0 aliphatic heterocycles. The number of para-hydroxylation sites is 1. The number of hydrogen-bond donors (Lipinski definition) is 1. The van der Waals surface area contributed by atoms with Crippen molar-refractivity contribution in [3.05, 3.63) is 68.3 Å². The number of H-pyrrole nitrogens is 1. The summed E-state index contributed by atoms with van der Waals surface area (Å²) in [5.41, 5.74) is 2.13. The van der Waals surface area contributed by atoms with Crippen LogP contribution in [0.3, 0.4) is 0 Å². The van der Waals surface area contributed by atoms with Gasteiger partial charge < -0.3 is 14.3 Å². The molecule has 0 amide bonds. The number of ketones is 2. The van der Waals surface area contributed by atoms with Crippen molar-refractivity contribution in [1.29, 1.82) is 0 Å². The van der Waals surface area contributed by atoms with Crippen molar-refractivity contribution >= 4 is 28.4 Å². The van der Waals surface area contributed by atoms with Crippen molar-refractivity contribution in [3.63, 3.8) is 0 Å². The van der Waals surface area contributed by atoms with Gasteiger partial charge in [-0.15, -0.1) is 0 Å². The zero-order valence-corrected chi connectivity index (χ0v) is 15.0. The third-order valence-corrected chi connectivity index (χ3v) is 4.88. The van der Waals surface area contributed by atoms with Crippen molar-refractivity contribution in [2.45, 2.75) is 20.5 Å². The highest BCUT2D eigenvalue weighted by Crippen LogP contribution is 2.34. The van der Waals surface area contributed by atoms with Gasteiger partial charge in [0.15, 0.2) is 0 Å². The van der Waals surface area contributed by atoms with Crippen molar-refractivity contribution < 1.29 is 19.1 Å². The minimum Gasteiger partial charge on any atom is -0.461 e. The molecule has 1 aliphatic carbocycles. The number of esters is 1. The number of carbonyl (C=O) groups is 3. The Bertz CT molecular complexity index is 1230. The molecule has 136 valence electrons. The summed E-state index contributed by atoms with van der Waals surface area (Å²) < 4.78 is 6.28. The number of carbonyl (C=O) groups excluding carboxylic acids is 3. The van der Waals surface area contributed by atoms with Crippen LogP contribution in [0.5, 0.6) is 0 Å². The van der Waals surface area contributed by atoms with E-state index in [1.807, 2.05) is 0 Å². The summed E-state index contributed by atoms with van der Waals surface area (Å²) >= 11 is 0. The summed E-state index contributed by atoms with van der Waals surface area (Å²) in [6, 6.07) is 6.57.